The number of amides is 2. The molecular weight excluding hydrogens is 236 g/mol. The van der Waals surface area contributed by atoms with Crippen LogP contribution < -0.4 is 0 Å². The van der Waals surface area contributed by atoms with Crippen LogP contribution in [-0.4, -0.2) is 75.2 Å². The molecule has 1 rings (SSSR count). The number of carbonyl (C=O) groups is 2. The van der Waals surface area contributed by atoms with E-state index in [1.807, 2.05) is 0 Å². The molecule has 6 nitrogen and oxygen atoms in total. The number of ether oxygens (including phenoxy) is 2. The van der Waals surface area contributed by atoms with E-state index < -0.39 is 0 Å². The van der Waals surface area contributed by atoms with Gasteiger partial charge in [0, 0.05) is 40.5 Å². The Morgan fingerprint density at radius 3 is 1.61 bits per heavy atom. The Hall–Kier alpha value is -1.14. The molecule has 0 spiro atoms. The second kappa shape index (κ2) is 8.05. The number of piperazine rings is 1. The maximum absolute atomic E-state index is 11.8. The van der Waals surface area contributed by atoms with Gasteiger partial charge in [-0.2, -0.15) is 0 Å². The van der Waals surface area contributed by atoms with Crippen LogP contribution in [0.3, 0.4) is 0 Å². The summed E-state index contributed by atoms with van der Waals surface area (Å²) in [6.45, 7) is 2.77. The zero-order valence-electron chi connectivity index (χ0n) is 11.2. The Kier molecular flexibility index (Phi) is 6.67. The highest BCUT2D eigenvalue weighted by molar-refractivity contribution is 5.92. The summed E-state index contributed by atoms with van der Waals surface area (Å²) >= 11 is 0. The molecule has 0 aromatic heterocycles. The summed E-state index contributed by atoms with van der Waals surface area (Å²) in [5, 5.41) is 0. The average Bonchev–Trinajstić information content (AvgIpc) is 2.35. The van der Waals surface area contributed by atoms with Crippen LogP contribution in [0.2, 0.25) is 0 Å². The number of rotatable bonds is 8. The zero-order chi connectivity index (χ0) is 13.4. The van der Waals surface area contributed by atoms with Crippen LogP contribution in [0.5, 0.6) is 0 Å². The maximum Gasteiger partial charge on any atom is 0.242 e. The SMILES string of the molecule is COCCCN1CC(=O)N(CCCOC)CC1=O. The molecule has 0 radical (unpaired) electrons. The molecular formula is C12H22N2O4. The first-order valence-corrected chi connectivity index (χ1v) is 6.22. The quantitative estimate of drug-likeness (QED) is 0.562. The van der Waals surface area contributed by atoms with Crippen molar-refractivity contribution < 1.29 is 19.1 Å². The molecule has 0 saturated carbocycles. The van der Waals surface area contributed by atoms with Gasteiger partial charge in [-0.15, -0.1) is 0 Å². The van der Waals surface area contributed by atoms with Crippen molar-refractivity contribution in [3.05, 3.63) is 0 Å². The van der Waals surface area contributed by atoms with Crippen LogP contribution in [0.25, 0.3) is 0 Å². The largest absolute Gasteiger partial charge is 0.385 e. The Morgan fingerprint density at radius 2 is 1.28 bits per heavy atom. The molecule has 1 saturated heterocycles. The molecule has 0 atom stereocenters. The van der Waals surface area contributed by atoms with Crippen molar-refractivity contribution in [2.45, 2.75) is 12.8 Å². The molecule has 1 aliphatic rings. The van der Waals surface area contributed by atoms with E-state index in [0.29, 0.717) is 26.3 Å². The van der Waals surface area contributed by atoms with Crippen LogP contribution in [0.1, 0.15) is 12.8 Å². The lowest BCUT2D eigenvalue weighted by Crippen LogP contribution is -2.54. The van der Waals surface area contributed by atoms with E-state index in [4.69, 9.17) is 9.47 Å². The zero-order valence-corrected chi connectivity index (χ0v) is 11.2. The first-order valence-electron chi connectivity index (χ1n) is 6.22. The van der Waals surface area contributed by atoms with Gasteiger partial charge in [0.25, 0.3) is 0 Å². The lowest BCUT2D eigenvalue weighted by Gasteiger charge is -2.33. The van der Waals surface area contributed by atoms with Crippen molar-refractivity contribution in [1.82, 2.24) is 9.80 Å². The van der Waals surface area contributed by atoms with E-state index in [2.05, 4.69) is 0 Å². The minimum Gasteiger partial charge on any atom is -0.385 e. The lowest BCUT2D eigenvalue weighted by atomic mass is 10.2. The van der Waals surface area contributed by atoms with E-state index >= 15 is 0 Å². The first kappa shape index (κ1) is 14.9. The van der Waals surface area contributed by atoms with Crippen molar-refractivity contribution >= 4 is 11.8 Å². The number of carbonyl (C=O) groups excluding carboxylic acids is 2. The van der Waals surface area contributed by atoms with Crippen molar-refractivity contribution in [2.24, 2.45) is 0 Å². The fourth-order valence-electron chi connectivity index (χ4n) is 1.91. The third-order valence-corrected chi connectivity index (χ3v) is 2.91. The fraction of sp³-hybridized carbons (Fsp3) is 0.833. The standard InChI is InChI=1S/C12H22N2O4/c1-17-7-3-5-13-9-12(16)14(10-11(13)15)6-4-8-18-2/h3-10H2,1-2H3. The first-order chi connectivity index (χ1) is 8.69. The molecule has 1 aliphatic heterocycles. The summed E-state index contributed by atoms with van der Waals surface area (Å²) in [6.07, 6.45) is 1.53. The predicted molar refractivity (Wildman–Crippen MR) is 66.1 cm³/mol. The topological polar surface area (TPSA) is 59.1 Å². The van der Waals surface area contributed by atoms with E-state index in [9.17, 15) is 9.59 Å². The third kappa shape index (κ3) is 4.62. The molecule has 1 fully saturated rings. The monoisotopic (exact) mass is 258 g/mol. The van der Waals surface area contributed by atoms with E-state index in [1.54, 1.807) is 24.0 Å². The molecule has 0 N–H and O–H groups in total. The summed E-state index contributed by atoms with van der Waals surface area (Å²) in [4.78, 5) is 26.9. The number of nitrogens with zero attached hydrogens (tertiary/aromatic N) is 2. The van der Waals surface area contributed by atoms with Crippen molar-refractivity contribution in [3.8, 4) is 0 Å². The Labute approximate surface area is 108 Å². The second-order valence-corrected chi connectivity index (χ2v) is 4.32. The van der Waals surface area contributed by atoms with Gasteiger partial charge >= 0.3 is 0 Å². The van der Waals surface area contributed by atoms with Crippen molar-refractivity contribution in [1.29, 1.82) is 0 Å². The van der Waals surface area contributed by atoms with Crippen LogP contribution in [0.4, 0.5) is 0 Å². The summed E-state index contributed by atoms with van der Waals surface area (Å²) in [5.41, 5.74) is 0. The third-order valence-electron chi connectivity index (χ3n) is 2.91. The summed E-state index contributed by atoms with van der Waals surface area (Å²) in [7, 11) is 3.25. The van der Waals surface area contributed by atoms with Gasteiger partial charge in [0.1, 0.15) is 0 Å². The molecule has 0 aromatic rings. The Morgan fingerprint density at radius 1 is 0.889 bits per heavy atom. The Bertz CT molecular complexity index is 255. The number of hydrogen-bond acceptors (Lipinski definition) is 4. The smallest absolute Gasteiger partial charge is 0.242 e. The summed E-state index contributed by atoms with van der Waals surface area (Å²) in [6, 6.07) is 0. The maximum atomic E-state index is 11.8. The molecule has 0 bridgehead atoms. The van der Waals surface area contributed by atoms with E-state index in [1.165, 1.54) is 0 Å². The Balaban J connectivity index is 2.34. The molecule has 2 amide bonds. The summed E-state index contributed by atoms with van der Waals surface area (Å²) < 4.78 is 9.87. The van der Waals surface area contributed by atoms with Gasteiger partial charge < -0.3 is 19.3 Å². The van der Waals surface area contributed by atoms with Gasteiger partial charge in [0.15, 0.2) is 0 Å². The highest BCUT2D eigenvalue weighted by atomic mass is 16.5. The van der Waals surface area contributed by atoms with Gasteiger partial charge in [-0.25, -0.2) is 0 Å². The fourth-order valence-corrected chi connectivity index (χ4v) is 1.91. The van der Waals surface area contributed by atoms with Crippen LogP contribution >= 0.6 is 0 Å². The van der Waals surface area contributed by atoms with Crippen LogP contribution in [0.15, 0.2) is 0 Å². The van der Waals surface area contributed by atoms with Gasteiger partial charge in [0.2, 0.25) is 11.8 Å². The van der Waals surface area contributed by atoms with Gasteiger partial charge in [0.05, 0.1) is 13.1 Å². The highest BCUT2D eigenvalue weighted by Crippen LogP contribution is 2.06. The molecule has 0 aromatic carbocycles. The average molecular weight is 258 g/mol. The lowest BCUT2D eigenvalue weighted by molar-refractivity contribution is -0.150. The van der Waals surface area contributed by atoms with Gasteiger partial charge in [-0.05, 0) is 12.8 Å². The molecule has 0 aliphatic carbocycles. The minimum absolute atomic E-state index is 0.0168. The molecule has 6 heteroatoms. The predicted octanol–water partition coefficient (Wildman–Crippen LogP) is -0.270. The molecule has 104 valence electrons. The second-order valence-electron chi connectivity index (χ2n) is 4.32. The van der Waals surface area contributed by atoms with E-state index in [-0.39, 0.29) is 24.9 Å². The molecule has 0 unspecified atom stereocenters. The summed E-state index contributed by atoms with van der Waals surface area (Å²) in [5.74, 6) is 0.0336. The molecule has 18 heavy (non-hydrogen) atoms. The molecule has 1 heterocycles. The van der Waals surface area contributed by atoms with Crippen LogP contribution in [0, 0.1) is 0 Å². The van der Waals surface area contributed by atoms with Crippen molar-refractivity contribution in [3.63, 3.8) is 0 Å². The highest BCUT2D eigenvalue weighted by Gasteiger charge is 2.28. The van der Waals surface area contributed by atoms with Crippen LogP contribution in [-0.2, 0) is 19.1 Å². The van der Waals surface area contributed by atoms with E-state index in [0.717, 1.165) is 12.8 Å². The number of hydrogen-bond donors (Lipinski definition) is 0. The number of methoxy groups -OCH3 is 2. The van der Waals surface area contributed by atoms with Gasteiger partial charge in [-0.1, -0.05) is 0 Å². The van der Waals surface area contributed by atoms with Crippen molar-refractivity contribution in [2.75, 3.05) is 53.6 Å². The normalized spacial score (nSPS) is 16.6. The van der Waals surface area contributed by atoms with Gasteiger partial charge in [-0.3, -0.25) is 9.59 Å². The minimum atomic E-state index is 0.0168.